The molecule has 4 rings (SSSR count). The number of carbonyl (C=O) groups is 3. The van der Waals surface area contributed by atoms with Crippen LogP contribution in [0.15, 0.2) is 58.9 Å². The lowest BCUT2D eigenvalue weighted by atomic mass is 9.93. The quantitative estimate of drug-likeness (QED) is 0.364. The van der Waals surface area contributed by atoms with Crippen LogP contribution in [-0.2, 0) is 20.7 Å². The minimum Gasteiger partial charge on any atom is -0.497 e. The van der Waals surface area contributed by atoms with Crippen molar-refractivity contribution in [2.45, 2.75) is 56.7 Å². The number of benzene rings is 1. The van der Waals surface area contributed by atoms with Crippen molar-refractivity contribution in [2.24, 2.45) is 5.73 Å². The molecule has 36 heavy (non-hydrogen) atoms. The van der Waals surface area contributed by atoms with Gasteiger partial charge in [-0.2, -0.15) is 0 Å². The third kappa shape index (κ3) is 5.57. The second-order valence-corrected chi connectivity index (χ2v) is 9.46. The SMILES string of the molecule is COc1ccc(C[C@@H](C(=O)N[C@@H](CC2=CCCC2)C(=O)[C@@]2(C)CO2)n2c(C(N)=O)cccc2=O)cc1. The molecule has 0 saturated carbocycles. The van der Waals surface area contributed by atoms with Crippen LogP contribution in [0.4, 0.5) is 0 Å². The van der Waals surface area contributed by atoms with Crippen molar-refractivity contribution in [3.05, 3.63) is 75.7 Å². The van der Waals surface area contributed by atoms with Crippen molar-refractivity contribution in [2.75, 3.05) is 13.7 Å². The topological polar surface area (TPSA) is 133 Å². The van der Waals surface area contributed by atoms with Gasteiger partial charge in [0.1, 0.15) is 23.1 Å². The largest absolute Gasteiger partial charge is 0.497 e. The number of rotatable bonds is 11. The molecule has 2 aliphatic rings. The number of ether oxygens (including phenoxy) is 2. The summed E-state index contributed by atoms with van der Waals surface area (Å²) in [7, 11) is 1.55. The zero-order chi connectivity index (χ0) is 25.9. The Bertz CT molecular complexity index is 1240. The number of methoxy groups -OCH3 is 1. The number of nitrogens with zero attached hydrogens (tertiary/aromatic N) is 1. The average Bonchev–Trinajstić information content (AvgIpc) is 3.41. The molecule has 1 saturated heterocycles. The van der Waals surface area contributed by atoms with E-state index < -0.39 is 35.1 Å². The summed E-state index contributed by atoms with van der Waals surface area (Å²) >= 11 is 0. The second kappa shape index (κ2) is 10.5. The number of allylic oxidation sites excluding steroid dienone is 1. The molecule has 0 radical (unpaired) electrons. The summed E-state index contributed by atoms with van der Waals surface area (Å²) < 4.78 is 11.7. The van der Waals surface area contributed by atoms with Crippen LogP contribution in [0.5, 0.6) is 5.75 Å². The van der Waals surface area contributed by atoms with Gasteiger partial charge in [-0.05, 0) is 56.4 Å². The summed E-state index contributed by atoms with van der Waals surface area (Å²) in [6, 6.07) is 9.22. The summed E-state index contributed by atoms with van der Waals surface area (Å²) in [5.41, 5.74) is 5.84. The van der Waals surface area contributed by atoms with Gasteiger partial charge in [0, 0.05) is 12.5 Å². The highest BCUT2D eigenvalue weighted by Gasteiger charge is 2.50. The van der Waals surface area contributed by atoms with E-state index in [9.17, 15) is 19.2 Å². The molecular weight excluding hydrogens is 462 g/mol. The Labute approximate surface area is 209 Å². The monoisotopic (exact) mass is 493 g/mol. The van der Waals surface area contributed by atoms with Gasteiger partial charge >= 0.3 is 0 Å². The molecule has 1 aromatic carbocycles. The molecule has 2 aromatic rings. The normalized spacial score (nSPS) is 20.2. The number of ketones is 1. The number of nitrogens with one attached hydrogen (secondary N) is 1. The number of hydrogen-bond acceptors (Lipinski definition) is 6. The minimum absolute atomic E-state index is 0.0879. The Morgan fingerprint density at radius 3 is 2.47 bits per heavy atom. The van der Waals surface area contributed by atoms with Gasteiger partial charge in [0.25, 0.3) is 11.5 Å². The van der Waals surface area contributed by atoms with Crippen LogP contribution in [0.1, 0.15) is 54.7 Å². The van der Waals surface area contributed by atoms with E-state index in [1.165, 1.54) is 18.2 Å². The molecule has 2 heterocycles. The van der Waals surface area contributed by atoms with Crippen LogP contribution < -0.4 is 21.3 Å². The Morgan fingerprint density at radius 2 is 1.89 bits per heavy atom. The van der Waals surface area contributed by atoms with E-state index in [2.05, 4.69) is 11.4 Å². The first kappa shape index (κ1) is 25.4. The summed E-state index contributed by atoms with van der Waals surface area (Å²) in [4.78, 5) is 52.1. The van der Waals surface area contributed by atoms with Gasteiger partial charge in [-0.25, -0.2) is 0 Å². The Balaban J connectivity index is 1.69. The highest BCUT2D eigenvalue weighted by molar-refractivity contribution is 5.97. The van der Waals surface area contributed by atoms with Crippen molar-refractivity contribution in [1.29, 1.82) is 0 Å². The van der Waals surface area contributed by atoms with Crippen LogP contribution in [-0.4, -0.2) is 47.5 Å². The van der Waals surface area contributed by atoms with Gasteiger partial charge in [0.05, 0.1) is 19.8 Å². The number of nitrogens with two attached hydrogens (primary N) is 1. The van der Waals surface area contributed by atoms with E-state index in [1.54, 1.807) is 38.3 Å². The number of hydrogen-bond donors (Lipinski definition) is 2. The van der Waals surface area contributed by atoms with Crippen LogP contribution >= 0.6 is 0 Å². The van der Waals surface area contributed by atoms with Gasteiger partial charge in [0.2, 0.25) is 5.91 Å². The molecule has 3 N–H and O–H groups in total. The van der Waals surface area contributed by atoms with E-state index in [0.717, 1.165) is 35.0 Å². The van der Waals surface area contributed by atoms with Crippen molar-refractivity contribution in [3.8, 4) is 5.75 Å². The first-order valence-electron chi connectivity index (χ1n) is 12.0. The summed E-state index contributed by atoms with van der Waals surface area (Å²) in [5, 5.41) is 2.88. The van der Waals surface area contributed by atoms with E-state index in [-0.39, 0.29) is 17.9 Å². The smallest absolute Gasteiger partial charge is 0.265 e. The van der Waals surface area contributed by atoms with E-state index >= 15 is 0 Å². The summed E-state index contributed by atoms with van der Waals surface area (Å²) in [5.74, 6) is -0.948. The van der Waals surface area contributed by atoms with Gasteiger partial charge < -0.3 is 20.5 Å². The summed E-state index contributed by atoms with van der Waals surface area (Å²) in [6.45, 7) is 2.01. The lowest BCUT2D eigenvalue weighted by Gasteiger charge is -2.26. The number of epoxide rings is 1. The highest BCUT2D eigenvalue weighted by Crippen LogP contribution is 2.31. The van der Waals surface area contributed by atoms with E-state index in [1.807, 2.05) is 0 Å². The van der Waals surface area contributed by atoms with Crippen molar-refractivity contribution in [1.82, 2.24) is 9.88 Å². The van der Waals surface area contributed by atoms with Gasteiger partial charge in [-0.3, -0.25) is 23.7 Å². The molecule has 1 aliphatic carbocycles. The lowest BCUT2D eigenvalue weighted by Crippen LogP contribution is -2.50. The second-order valence-electron chi connectivity index (χ2n) is 9.46. The average molecular weight is 494 g/mol. The third-order valence-corrected chi connectivity index (χ3v) is 6.78. The third-order valence-electron chi connectivity index (χ3n) is 6.78. The molecular formula is C27H31N3O6. The fourth-order valence-electron chi connectivity index (χ4n) is 4.59. The predicted molar refractivity (Wildman–Crippen MR) is 133 cm³/mol. The maximum atomic E-state index is 13.8. The molecule has 190 valence electrons. The molecule has 2 amide bonds. The number of Topliss-reactive ketones (excluding diaryl/α,β-unsaturated/α-hetero) is 1. The van der Waals surface area contributed by atoms with Crippen LogP contribution in [0.2, 0.25) is 0 Å². The molecule has 0 unspecified atom stereocenters. The molecule has 0 bridgehead atoms. The molecule has 0 spiro atoms. The maximum absolute atomic E-state index is 13.8. The van der Waals surface area contributed by atoms with Crippen molar-refractivity contribution < 1.29 is 23.9 Å². The molecule has 1 aromatic heterocycles. The van der Waals surface area contributed by atoms with Gasteiger partial charge in [-0.15, -0.1) is 0 Å². The molecule has 9 heteroatoms. The summed E-state index contributed by atoms with van der Waals surface area (Å²) in [6.07, 6.45) is 5.40. The van der Waals surface area contributed by atoms with Crippen LogP contribution in [0.3, 0.4) is 0 Å². The van der Waals surface area contributed by atoms with Gasteiger partial charge in [0.15, 0.2) is 5.78 Å². The van der Waals surface area contributed by atoms with E-state index in [0.29, 0.717) is 18.8 Å². The Kier molecular flexibility index (Phi) is 7.40. The predicted octanol–water partition coefficient (Wildman–Crippen LogP) is 2.08. The number of carbonyl (C=O) groups excluding carboxylic acids is 3. The van der Waals surface area contributed by atoms with Crippen molar-refractivity contribution >= 4 is 17.6 Å². The fourth-order valence-corrected chi connectivity index (χ4v) is 4.59. The highest BCUT2D eigenvalue weighted by atomic mass is 16.6. The Morgan fingerprint density at radius 1 is 1.17 bits per heavy atom. The lowest BCUT2D eigenvalue weighted by molar-refractivity contribution is -0.132. The zero-order valence-corrected chi connectivity index (χ0v) is 20.5. The number of primary amides is 1. The number of amides is 2. The molecule has 1 fully saturated rings. The fraction of sp³-hybridized carbons (Fsp3) is 0.407. The van der Waals surface area contributed by atoms with Crippen molar-refractivity contribution in [3.63, 3.8) is 0 Å². The first-order chi connectivity index (χ1) is 17.2. The maximum Gasteiger partial charge on any atom is 0.265 e. The van der Waals surface area contributed by atoms with Crippen LogP contribution in [0, 0.1) is 0 Å². The first-order valence-corrected chi connectivity index (χ1v) is 12.0. The standard InChI is InChI=1S/C27H31N3O6/c1-27(16-36-27)24(32)20(14-17-6-3-4-7-17)29-26(34)22(15-18-10-12-19(35-2)13-11-18)30-21(25(28)33)8-5-9-23(30)31/h5-6,8-13,20,22H,3-4,7,14-16H2,1-2H3,(H2,28,33)(H,29,34)/t20-,22-,27+/m0/s1. The molecule has 9 nitrogen and oxygen atoms in total. The molecule has 3 atom stereocenters. The van der Waals surface area contributed by atoms with E-state index in [4.69, 9.17) is 15.2 Å². The van der Waals surface area contributed by atoms with Gasteiger partial charge in [-0.1, -0.05) is 29.8 Å². The van der Waals surface area contributed by atoms with Crippen LogP contribution in [0.25, 0.3) is 0 Å². The zero-order valence-electron chi connectivity index (χ0n) is 20.5. The number of aromatic nitrogens is 1. The minimum atomic E-state index is -1.12. The molecule has 1 aliphatic heterocycles. The number of pyridine rings is 1. The Hall–Kier alpha value is -3.72.